The van der Waals surface area contributed by atoms with E-state index >= 15 is 0 Å². The molecular weight excluding hydrogens is 2440 g/mol. The molecule has 10 aromatic rings. The number of piperazine rings is 4. The smallest absolute Gasteiger partial charge is 0.258 e. The summed E-state index contributed by atoms with van der Waals surface area (Å²) in [6, 6.07) is 31.8. The maximum absolute atomic E-state index is 13.1. The average molecular weight is 2560 g/mol. The van der Waals surface area contributed by atoms with Crippen LogP contribution in [0.3, 0.4) is 0 Å². The molecule has 4 aliphatic carbocycles. The molecule has 0 saturated carbocycles. The lowest BCUT2D eigenvalue weighted by Gasteiger charge is -2.39. The number of likely N-dealkylation sites (tertiary alicyclic amines) is 2. The lowest BCUT2D eigenvalue weighted by atomic mass is 9.92. The molecular formula is C106H118Br8Cl4N16O10+6. The third kappa shape index (κ3) is 24.6. The van der Waals surface area contributed by atoms with Gasteiger partial charge in [-0.3, -0.25) is 69.2 Å². The van der Waals surface area contributed by atoms with Gasteiger partial charge in [0.05, 0.1) is 50.8 Å². The zero-order chi connectivity index (χ0) is 102. The van der Waals surface area contributed by atoms with Crippen molar-refractivity contribution in [2.24, 2.45) is 25.9 Å². The van der Waals surface area contributed by atoms with E-state index in [4.69, 9.17) is 46.4 Å². The van der Waals surface area contributed by atoms with E-state index in [2.05, 4.69) is 196 Å². The SMILES string of the molecule is CC(=O)N1CCC(CC(=O)N2CCN([C@@H]3c4ccc(Cl)c(Br)c4CCc4cc(Br)c[n+](O)c43)CC2)CC1.CC(=O)N1CCC(CC(=O)N2CCN([C@H]3c4ccc(Cl)c(Br)c4CCc4cc(Br)c[n+](O)c43)CC2)CC1.C[n+]1ccc(CC(=O)N2CCN([C@@H]3c4ccc(Cl)c(Br)c4CCc4cc(Br)c[n+](O)c43)CC2)cc1.C[n+]1ccc(CC(=O)N2CCN([C@H]3c4ccc(Cl)c(Br)c4CCc4cc(Br)c[n+](O)c43)CC2)cc1. The fraction of sp³-hybridized carbons (Fsp3) is 0.434. The van der Waals surface area contributed by atoms with Gasteiger partial charge in [-0.15, -0.1) is 0 Å². The molecule has 4 atom stereocenters. The number of halogens is 12. The van der Waals surface area contributed by atoms with Crippen LogP contribution in [0.25, 0.3) is 0 Å². The van der Waals surface area contributed by atoms with Crippen molar-refractivity contribution in [1.29, 1.82) is 0 Å². The number of amides is 6. The number of carbonyl (C=O) groups is 6. The molecule has 0 bridgehead atoms. The van der Waals surface area contributed by atoms with E-state index in [0.29, 0.717) is 136 Å². The summed E-state index contributed by atoms with van der Waals surface area (Å²) in [5, 5.41) is 46.8. The molecule has 12 heterocycles. The maximum Gasteiger partial charge on any atom is 0.258 e. The molecule has 760 valence electrons. The van der Waals surface area contributed by atoms with Crippen molar-refractivity contribution in [1.82, 2.24) is 49.0 Å². The van der Waals surface area contributed by atoms with Gasteiger partial charge in [0.25, 0.3) is 22.8 Å². The molecule has 4 aromatic carbocycles. The minimum Gasteiger partial charge on any atom is -0.343 e. The first-order chi connectivity index (χ1) is 69.1. The van der Waals surface area contributed by atoms with Gasteiger partial charge in [0, 0.05) is 241 Å². The van der Waals surface area contributed by atoms with E-state index in [1.165, 1.54) is 41.2 Å². The number of hydrogen-bond acceptors (Lipinski definition) is 14. The molecule has 20 rings (SSSR count). The van der Waals surface area contributed by atoms with Gasteiger partial charge < -0.3 is 29.4 Å². The number of fused-ring (bicyclic) bond motifs is 8. The molecule has 6 aliphatic heterocycles. The summed E-state index contributed by atoms with van der Waals surface area (Å²) in [4.78, 5) is 96.6. The normalized spacial score (nSPS) is 19.5. The summed E-state index contributed by atoms with van der Waals surface area (Å²) in [7, 11) is 3.94. The lowest BCUT2D eigenvalue weighted by molar-refractivity contribution is -0.911. The maximum atomic E-state index is 13.1. The standard InChI is InChI=1S/2C27H32Br2ClN4O3.2C26H27Br2ClN4O2/c2*1-17(35)31-8-6-18(7-9-31)14-24(36)32-10-12-33(13-11-32)27-22-4-5-23(30)25(29)21(22)3-2-19-15-20(28)16-34(37)26(19)27;2*1-30-8-6-17(7-9-30)14-23(34)31-10-12-32(13-11-31)26-21-4-5-22(29)24(28)20(21)3-2-18-15-19(27)16-33(35)25(18)26/h2*4-5,15-16,18,27,37H,2-3,6-14H2,1H3;2*4-9,15-16,26,35H,2-3,10-14H2,1H3/q2*+1;2*+2/t2*27-;2*26-/m1010/s1. The third-order valence-corrected chi connectivity index (χ3v) is 37.8. The first kappa shape index (κ1) is 108. The highest BCUT2D eigenvalue weighted by Crippen LogP contribution is 2.48. The number of piperidine rings is 2. The predicted molar refractivity (Wildman–Crippen MR) is 574 cm³/mol. The second-order valence-electron chi connectivity index (χ2n) is 39.1. The van der Waals surface area contributed by atoms with Crippen LogP contribution in [0.5, 0.6) is 0 Å². The highest BCUT2D eigenvalue weighted by molar-refractivity contribution is 9.11. The molecule has 38 heteroatoms. The molecule has 10 aliphatic rings. The van der Waals surface area contributed by atoms with Gasteiger partial charge in [-0.1, -0.05) is 70.7 Å². The van der Waals surface area contributed by atoms with Crippen molar-refractivity contribution in [2.75, 3.05) is 131 Å². The second-order valence-corrected chi connectivity index (χ2v) is 47.5. The van der Waals surface area contributed by atoms with Gasteiger partial charge in [0.1, 0.15) is 38.3 Å². The first-order valence-electron chi connectivity index (χ1n) is 49.1. The summed E-state index contributed by atoms with van der Waals surface area (Å²) in [5.41, 5.74) is 19.1. The molecule has 6 aromatic heterocycles. The highest BCUT2D eigenvalue weighted by Gasteiger charge is 2.47. The zero-order valence-corrected chi connectivity index (χ0v) is 96.4. The summed E-state index contributed by atoms with van der Waals surface area (Å²) < 4.78 is 16.0. The number of benzene rings is 4. The minimum atomic E-state index is -0.146. The summed E-state index contributed by atoms with van der Waals surface area (Å²) >= 11 is 54.8. The monoisotopic (exact) mass is 2550 g/mol. The Morgan fingerprint density at radius 3 is 0.750 bits per heavy atom. The fourth-order valence-electron chi connectivity index (χ4n) is 22.5. The number of aromatic nitrogens is 6. The Morgan fingerprint density at radius 2 is 0.528 bits per heavy atom. The van der Waals surface area contributed by atoms with Crippen molar-refractivity contribution >= 4 is 209 Å². The van der Waals surface area contributed by atoms with Crippen molar-refractivity contribution in [3.8, 4) is 0 Å². The Bertz CT molecular complexity index is 6130. The van der Waals surface area contributed by atoms with Gasteiger partial charge >= 0.3 is 0 Å². The van der Waals surface area contributed by atoms with Crippen LogP contribution < -0.4 is 28.1 Å². The Labute approximate surface area is 927 Å². The summed E-state index contributed by atoms with van der Waals surface area (Å²) in [6.07, 6.45) is 26.6. The minimum absolute atomic E-state index is 0.119. The van der Waals surface area contributed by atoms with E-state index in [-0.39, 0.29) is 59.6 Å². The molecule has 0 spiro atoms. The number of pyridine rings is 6. The summed E-state index contributed by atoms with van der Waals surface area (Å²) in [6.45, 7) is 17.2. The fourth-order valence-corrected chi connectivity index (χ4v) is 27.3. The molecule has 0 unspecified atom stereocenters. The molecule has 4 N–H and O–H groups in total. The second kappa shape index (κ2) is 47.9. The third-order valence-electron chi connectivity index (χ3n) is 30.2. The Hall–Kier alpha value is -7.36. The number of aryl methyl sites for hydroxylation is 6. The molecule has 26 nitrogen and oxygen atoms in total. The van der Waals surface area contributed by atoms with Gasteiger partial charge in [-0.25, -0.2) is 9.13 Å². The van der Waals surface area contributed by atoms with Crippen LogP contribution >= 0.6 is 174 Å². The molecule has 6 amide bonds. The van der Waals surface area contributed by atoms with Crippen LogP contribution in [0.1, 0.15) is 177 Å². The van der Waals surface area contributed by atoms with Crippen molar-refractivity contribution < 1.29 is 77.7 Å². The number of hydrogen-bond donors (Lipinski definition) is 4. The Kier molecular flexibility index (Phi) is 35.9. The van der Waals surface area contributed by atoms with Crippen LogP contribution in [0.2, 0.25) is 20.1 Å². The van der Waals surface area contributed by atoms with E-state index in [9.17, 15) is 49.6 Å². The largest absolute Gasteiger partial charge is 0.343 e. The van der Waals surface area contributed by atoms with E-state index < -0.39 is 0 Å². The van der Waals surface area contributed by atoms with Crippen LogP contribution in [-0.2, 0) is 107 Å². The van der Waals surface area contributed by atoms with Crippen LogP contribution in [0.15, 0.2) is 182 Å². The molecule has 0 radical (unpaired) electrons. The van der Waals surface area contributed by atoms with E-state index in [1.807, 2.05) is 126 Å². The number of carbonyl (C=O) groups excluding carboxylic acids is 6. The summed E-state index contributed by atoms with van der Waals surface area (Å²) in [5.74, 6) is 1.64. The van der Waals surface area contributed by atoms with Crippen molar-refractivity contribution in [2.45, 2.75) is 141 Å². The van der Waals surface area contributed by atoms with Gasteiger partial charge in [0.2, 0.25) is 60.2 Å². The molecule has 6 fully saturated rings. The van der Waals surface area contributed by atoms with Crippen molar-refractivity contribution in [3.05, 3.63) is 303 Å². The van der Waals surface area contributed by atoms with Crippen molar-refractivity contribution in [3.63, 3.8) is 0 Å². The number of rotatable bonds is 12. The molecule has 144 heavy (non-hydrogen) atoms. The van der Waals surface area contributed by atoms with Crippen LogP contribution in [0, 0.1) is 11.8 Å². The van der Waals surface area contributed by atoms with E-state index in [1.54, 1.807) is 38.6 Å². The topological polar surface area (TPSA) is 239 Å². The first-order valence-corrected chi connectivity index (χ1v) is 57.0. The Balaban J connectivity index is 0.000000132. The lowest BCUT2D eigenvalue weighted by Crippen LogP contribution is -2.52. The van der Waals surface area contributed by atoms with E-state index in [0.717, 1.165) is 244 Å². The zero-order valence-electron chi connectivity index (χ0n) is 80.7. The van der Waals surface area contributed by atoms with Gasteiger partial charge in [-0.2, -0.15) is 0 Å². The van der Waals surface area contributed by atoms with Crippen LogP contribution in [0.4, 0.5) is 0 Å². The Morgan fingerprint density at radius 1 is 0.306 bits per heavy atom. The van der Waals surface area contributed by atoms with Gasteiger partial charge in [-0.05, 0) is 320 Å². The predicted octanol–water partition coefficient (Wildman–Crippen LogP) is 16.3. The quantitative estimate of drug-likeness (QED) is 0.0657. The average Bonchev–Trinajstić information content (AvgIpc) is 1.57. The van der Waals surface area contributed by atoms with Crippen LogP contribution in [-0.4, -0.2) is 236 Å². The molecule has 6 saturated heterocycles. The number of nitrogens with zero attached hydrogens (tertiary/aromatic N) is 16. The van der Waals surface area contributed by atoms with Gasteiger partial charge in [0.15, 0.2) is 24.8 Å². The highest BCUT2D eigenvalue weighted by atomic mass is 79.9.